The van der Waals surface area contributed by atoms with Gasteiger partial charge in [-0.2, -0.15) is 0 Å². The number of methoxy groups -OCH3 is 1. The van der Waals surface area contributed by atoms with Crippen molar-refractivity contribution in [3.05, 3.63) is 60.2 Å². The molecule has 0 aliphatic carbocycles. The summed E-state index contributed by atoms with van der Waals surface area (Å²) in [5.41, 5.74) is 0.849. The number of para-hydroxylation sites is 1. The number of anilines is 1. The second-order valence-electron chi connectivity index (χ2n) is 6.53. The molecule has 0 aromatic heterocycles. The minimum atomic E-state index is -1.18. The lowest BCUT2D eigenvalue weighted by molar-refractivity contribution is -0.131. The zero-order valence-electron chi connectivity index (χ0n) is 17.2. The van der Waals surface area contributed by atoms with Crippen molar-refractivity contribution in [3.8, 4) is 17.2 Å². The molecule has 32 heavy (non-hydrogen) atoms. The summed E-state index contributed by atoms with van der Waals surface area (Å²) in [4.78, 5) is 23.7. The van der Waals surface area contributed by atoms with E-state index < -0.39 is 24.3 Å². The Kier molecular flexibility index (Phi) is 7.90. The Morgan fingerprint density at radius 2 is 1.97 bits per heavy atom. The molecule has 0 unspecified atom stereocenters. The molecule has 3 N–H and O–H groups in total. The highest BCUT2D eigenvalue weighted by Crippen LogP contribution is 2.35. The lowest BCUT2D eigenvalue weighted by Crippen LogP contribution is -2.27. The number of rotatable bonds is 10. The molecule has 0 saturated heterocycles. The first kappa shape index (κ1) is 22.9. The van der Waals surface area contributed by atoms with Gasteiger partial charge >= 0.3 is 12.1 Å². The Morgan fingerprint density at radius 1 is 1.19 bits per heavy atom. The highest BCUT2D eigenvalue weighted by Gasteiger charge is 2.29. The first-order valence-electron chi connectivity index (χ1n) is 9.65. The predicted octanol–water partition coefficient (Wildman–Crippen LogP) is 2.73. The summed E-state index contributed by atoms with van der Waals surface area (Å²) < 4.78 is 27.1. The molecule has 2 aromatic carbocycles. The number of hydrogen-bond acceptors (Lipinski definition) is 8. The van der Waals surface area contributed by atoms with Gasteiger partial charge in [0.1, 0.15) is 18.5 Å². The van der Waals surface area contributed by atoms with Gasteiger partial charge in [0.2, 0.25) is 6.79 Å². The van der Waals surface area contributed by atoms with Gasteiger partial charge in [-0.25, -0.2) is 9.59 Å². The first-order valence-corrected chi connectivity index (χ1v) is 9.65. The number of aliphatic hydroxyl groups is 1. The third-order valence-electron chi connectivity index (χ3n) is 4.43. The summed E-state index contributed by atoms with van der Waals surface area (Å²) in [5.74, 6) is 0.227. The molecule has 1 aliphatic rings. The molecule has 2 atom stereocenters. The number of fused-ring (bicyclic) bond motifs is 1. The minimum absolute atomic E-state index is 0.0236. The van der Waals surface area contributed by atoms with Gasteiger partial charge in [-0.3, -0.25) is 5.32 Å². The van der Waals surface area contributed by atoms with Gasteiger partial charge in [0.05, 0.1) is 6.61 Å². The molecule has 0 bridgehead atoms. The number of nitrogens with one attached hydrogen (secondary N) is 1. The van der Waals surface area contributed by atoms with Gasteiger partial charge < -0.3 is 33.9 Å². The predicted molar refractivity (Wildman–Crippen MR) is 112 cm³/mol. The highest BCUT2D eigenvalue weighted by molar-refractivity contribution is 5.85. The molecular formula is C22H23NO9. The first-order chi connectivity index (χ1) is 15.5. The van der Waals surface area contributed by atoms with Crippen molar-refractivity contribution < 1.29 is 43.5 Å². The number of carbonyl (C=O) groups excluding carboxylic acids is 1. The molecule has 10 heteroatoms. The van der Waals surface area contributed by atoms with Crippen molar-refractivity contribution in [2.24, 2.45) is 0 Å². The van der Waals surface area contributed by atoms with E-state index >= 15 is 0 Å². The van der Waals surface area contributed by atoms with Crippen molar-refractivity contribution in [1.29, 1.82) is 0 Å². The summed E-state index contributed by atoms with van der Waals surface area (Å²) in [6.45, 7) is -0.0891. The molecule has 2 aromatic rings. The van der Waals surface area contributed by atoms with E-state index in [4.69, 9.17) is 33.9 Å². The Bertz CT molecular complexity index is 976. The van der Waals surface area contributed by atoms with Crippen LogP contribution in [0, 0.1) is 0 Å². The van der Waals surface area contributed by atoms with E-state index in [0.717, 1.165) is 6.08 Å². The summed E-state index contributed by atoms with van der Waals surface area (Å²) in [6.07, 6.45) is -0.634. The largest absolute Gasteiger partial charge is 0.491 e. The van der Waals surface area contributed by atoms with Crippen LogP contribution in [0.25, 0.3) is 0 Å². The van der Waals surface area contributed by atoms with Crippen molar-refractivity contribution in [2.75, 3.05) is 32.4 Å². The molecule has 3 rings (SSSR count). The SMILES string of the molecule is CO[C@H](/C=C/C(=O)O)[C@H](OC(=O)Nc1ccc2c(c1)OCO2)c1ccccc1OCCO. The number of carbonyl (C=O) groups is 2. The van der Waals surface area contributed by atoms with Crippen LogP contribution in [-0.4, -0.2) is 55.5 Å². The van der Waals surface area contributed by atoms with Crippen LogP contribution in [-0.2, 0) is 14.3 Å². The van der Waals surface area contributed by atoms with Gasteiger partial charge in [0.25, 0.3) is 0 Å². The zero-order valence-corrected chi connectivity index (χ0v) is 17.2. The highest BCUT2D eigenvalue weighted by atomic mass is 16.7. The van der Waals surface area contributed by atoms with E-state index in [-0.39, 0.29) is 20.0 Å². The second kappa shape index (κ2) is 11.0. The van der Waals surface area contributed by atoms with Crippen molar-refractivity contribution >= 4 is 17.7 Å². The number of amides is 1. The monoisotopic (exact) mass is 445 g/mol. The fourth-order valence-electron chi connectivity index (χ4n) is 3.03. The number of aliphatic hydroxyl groups excluding tert-OH is 1. The molecule has 0 spiro atoms. The van der Waals surface area contributed by atoms with Crippen LogP contribution < -0.4 is 19.5 Å². The summed E-state index contributed by atoms with van der Waals surface area (Å²) >= 11 is 0. The van der Waals surface area contributed by atoms with Crippen molar-refractivity contribution in [1.82, 2.24) is 0 Å². The Labute approximate surface area is 183 Å². The maximum absolute atomic E-state index is 12.7. The molecule has 1 amide bonds. The van der Waals surface area contributed by atoms with Crippen LogP contribution in [0.2, 0.25) is 0 Å². The van der Waals surface area contributed by atoms with Crippen LogP contribution >= 0.6 is 0 Å². The van der Waals surface area contributed by atoms with Gasteiger partial charge in [-0.15, -0.1) is 0 Å². The minimum Gasteiger partial charge on any atom is -0.491 e. The van der Waals surface area contributed by atoms with Gasteiger partial charge in [-0.05, 0) is 24.3 Å². The van der Waals surface area contributed by atoms with Gasteiger partial charge in [0, 0.05) is 30.5 Å². The van der Waals surface area contributed by atoms with Crippen LogP contribution in [0.4, 0.5) is 10.5 Å². The average Bonchev–Trinajstić information content (AvgIpc) is 3.25. The standard InChI is InChI=1S/C22H23NO9/c1-28-18(8-9-20(25)26)21(15-4-2-3-5-16(15)29-11-10-24)32-22(27)23-14-6-7-17-19(12-14)31-13-30-17/h2-9,12,18,21,24H,10-11,13H2,1H3,(H,23,27)(H,25,26)/b9-8+/t18-,21-/m1/s1. The van der Waals surface area contributed by atoms with Crippen LogP contribution in [0.5, 0.6) is 17.2 Å². The van der Waals surface area contributed by atoms with Crippen LogP contribution in [0.1, 0.15) is 11.7 Å². The van der Waals surface area contributed by atoms with Crippen LogP contribution in [0.15, 0.2) is 54.6 Å². The molecule has 170 valence electrons. The summed E-state index contributed by atoms with van der Waals surface area (Å²) in [6, 6.07) is 11.6. The third-order valence-corrected chi connectivity index (χ3v) is 4.43. The number of aliphatic carboxylic acids is 1. The van der Waals surface area contributed by atoms with Crippen LogP contribution in [0.3, 0.4) is 0 Å². The van der Waals surface area contributed by atoms with Gasteiger partial charge in [0.15, 0.2) is 17.6 Å². The fourth-order valence-corrected chi connectivity index (χ4v) is 3.03. The number of carboxylic acid groups (broad SMARTS) is 1. The van der Waals surface area contributed by atoms with E-state index in [1.807, 2.05) is 0 Å². The Balaban J connectivity index is 1.85. The molecule has 0 fully saturated rings. The van der Waals surface area contributed by atoms with Gasteiger partial charge in [-0.1, -0.05) is 18.2 Å². The quantitative estimate of drug-likeness (QED) is 0.472. The number of benzene rings is 2. The molecule has 0 saturated carbocycles. The Hall–Kier alpha value is -3.76. The fraction of sp³-hybridized carbons (Fsp3) is 0.273. The van der Waals surface area contributed by atoms with E-state index in [1.165, 1.54) is 13.2 Å². The summed E-state index contributed by atoms with van der Waals surface area (Å²) in [5, 5.41) is 20.7. The Morgan fingerprint density at radius 3 is 2.72 bits per heavy atom. The van der Waals surface area contributed by atoms with E-state index in [0.29, 0.717) is 28.5 Å². The molecule has 1 aliphatic heterocycles. The third kappa shape index (κ3) is 5.90. The molecule has 1 heterocycles. The van der Waals surface area contributed by atoms with Crippen molar-refractivity contribution in [3.63, 3.8) is 0 Å². The molecular weight excluding hydrogens is 422 g/mol. The van der Waals surface area contributed by atoms with E-state index in [9.17, 15) is 9.59 Å². The normalized spacial score (nSPS) is 14.1. The number of carboxylic acids is 1. The topological polar surface area (TPSA) is 133 Å². The number of ether oxygens (including phenoxy) is 5. The zero-order chi connectivity index (χ0) is 22.9. The maximum atomic E-state index is 12.7. The smallest absolute Gasteiger partial charge is 0.412 e. The van der Waals surface area contributed by atoms with E-state index in [1.54, 1.807) is 42.5 Å². The lowest BCUT2D eigenvalue weighted by Gasteiger charge is -2.26. The summed E-state index contributed by atoms with van der Waals surface area (Å²) in [7, 11) is 1.36. The second-order valence-corrected chi connectivity index (χ2v) is 6.53. The molecule has 0 radical (unpaired) electrons. The average molecular weight is 445 g/mol. The number of hydrogen-bond donors (Lipinski definition) is 3. The molecule has 10 nitrogen and oxygen atoms in total. The van der Waals surface area contributed by atoms with Crippen molar-refractivity contribution in [2.45, 2.75) is 12.2 Å². The maximum Gasteiger partial charge on any atom is 0.412 e. The lowest BCUT2D eigenvalue weighted by atomic mass is 10.0. The van der Waals surface area contributed by atoms with E-state index in [2.05, 4.69) is 5.32 Å².